The fraction of sp³-hybridized carbons (Fsp3) is 0.385. The molecule has 19 heavy (non-hydrogen) atoms. The van der Waals surface area contributed by atoms with Gasteiger partial charge < -0.3 is 16.2 Å². The van der Waals surface area contributed by atoms with Crippen LogP contribution in [0.1, 0.15) is 30.6 Å². The summed E-state index contributed by atoms with van der Waals surface area (Å²) in [6.07, 6.45) is 0.156. The van der Waals surface area contributed by atoms with Crippen LogP contribution in [0.2, 0.25) is 0 Å². The topological polar surface area (TPSA) is 92.4 Å². The third kappa shape index (κ3) is 4.65. The van der Waals surface area contributed by atoms with Crippen molar-refractivity contribution in [3.05, 3.63) is 28.2 Å². The second-order valence-corrected chi connectivity index (χ2v) is 5.57. The van der Waals surface area contributed by atoms with Crippen molar-refractivity contribution in [2.45, 2.75) is 26.3 Å². The Morgan fingerprint density at radius 1 is 1.42 bits per heavy atom. The van der Waals surface area contributed by atoms with Crippen LogP contribution >= 0.6 is 15.9 Å². The standard InChI is InChI=1S/C13H17BrN2O3/c1-7(2)10(15)6-12(17)16-11-5-8(14)3-4-9(11)13(18)19/h3-5,7,10H,6,15H2,1-2H3,(H,16,17)(H,18,19). The average molecular weight is 329 g/mol. The molecule has 0 saturated heterocycles. The van der Waals surface area contributed by atoms with Crippen LogP contribution in [0.5, 0.6) is 0 Å². The highest BCUT2D eigenvalue weighted by atomic mass is 79.9. The molecule has 1 rings (SSSR count). The smallest absolute Gasteiger partial charge is 0.337 e. The van der Waals surface area contributed by atoms with Crippen molar-refractivity contribution >= 4 is 33.5 Å². The minimum atomic E-state index is -1.09. The van der Waals surface area contributed by atoms with E-state index in [2.05, 4.69) is 21.2 Å². The zero-order valence-corrected chi connectivity index (χ0v) is 12.4. The zero-order valence-electron chi connectivity index (χ0n) is 10.8. The first kappa shape index (κ1) is 15.7. The maximum absolute atomic E-state index is 11.8. The van der Waals surface area contributed by atoms with E-state index in [0.717, 1.165) is 0 Å². The molecular weight excluding hydrogens is 312 g/mol. The molecule has 0 aliphatic carbocycles. The summed E-state index contributed by atoms with van der Waals surface area (Å²) >= 11 is 3.24. The number of anilines is 1. The Bertz CT molecular complexity index is 489. The number of nitrogens with one attached hydrogen (secondary N) is 1. The lowest BCUT2D eigenvalue weighted by Gasteiger charge is -2.15. The van der Waals surface area contributed by atoms with E-state index in [4.69, 9.17) is 10.8 Å². The third-order valence-corrected chi connectivity index (χ3v) is 3.26. The highest BCUT2D eigenvalue weighted by Gasteiger charge is 2.16. The molecule has 0 radical (unpaired) electrons. The molecule has 5 nitrogen and oxygen atoms in total. The summed E-state index contributed by atoms with van der Waals surface area (Å²) in [5.41, 5.74) is 6.13. The van der Waals surface area contributed by atoms with Crippen molar-refractivity contribution in [3.63, 3.8) is 0 Å². The van der Waals surface area contributed by atoms with Gasteiger partial charge in [0.2, 0.25) is 5.91 Å². The first-order chi connectivity index (χ1) is 8.81. The van der Waals surface area contributed by atoms with Crippen molar-refractivity contribution in [2.24, 2.45) is 11.7 Å². The molecule has 1 atom stereocenters. The van der Waals surface area contributed by atoms with E-state index in [1.807, 2.05) is 13.8 Å². The minimum absolute atomic E-state index is 0.0506. The Balaban J connectivity index is 2.84. The molecular formula is C13H17BrN2O3. The summed E-state index contributed by atoms with van der Waals surface area (Å²) in [6.45, 7) is 3.86. The zero-order chi connectivity index (χ0) is 14.6. The Hall–Kier alpha value is -1.40. The number of nitrogens with two attached hydrogens (primary N) is 1. The van der Waals surface area contributed by atoms with E-state index in [1.54, 1.807) is 12.1 Å². The molecule has 0 spiro atoms. The van der Waals surface area contributed by atoms with Crippen LogP contribution in [0.3, 0.4) is 0 Å². The summed E-state index contributed by atoms with van der Waals surface area (Å²) in [6, 6.07) is 4.35. The Morgan fingerprint density at radius 2 is 2.05 bits per heavy atom. The largest absolute Gasteiger partial charge is 0.478 e. The van der Waals surface area contributed by atoms with Crippen molar-refractivity contribution < 1.29 is 14.7 Å². The summed E-state index contributed by atoms with van der Waals surface area (Å²) in [5.74, 6) is -1.19. The SMILES string of the molecule is CC(C)C(N)CC(=O)Nc1cc(Br)ccc1C(=O)O. The summed E-state index contributed by atoms with van der Waals surface area (Å²) in [4.78, 5) is 22.9. The van der Waals surface area contributed by atoms with E-state index in [1.165, 1.54) is 6.07 Å². The first-order valence-corrected chi connectivity index (χ1v) is 6.69. The summed E-state index contributed by atoms with van der Waals surface area (Å²) in [5, 5.41) is 11.6. The molecule has 1 aromatic carbocycles. The van der Waals surface area contributed by atoms with Crippen LogP contribution in [0.4, 0.5) is 5.69 Å². The van der Waals surface area contributed by atoms with Crippen molar-refractivity contribution in [2.75, 3.05) is 5.32 Å². The van der Waals surface area contributed by atoms with E-state index >= 15 is 0 Å². The molecule has 6 heteroatoms. The predicted molar refractivity (Wildman–Crippen MR) is 77.2 cm³/mol. The van der Waals surface area contributed by atoms with Gasteiger partial charge in [-0.2, -0.15) is 0 Å². The fourth-order valence-corrected chi connectivity index (χ4v) is 1.82. The number of amides is 1. The molecule has 1 unspecified atom stereocenters. The average Bonchev–Trinajstić information content (AvgIpc) is 2.27. The van der Waals surface area contributed by atoms with Crippen LogP contribution in [0.25, 0.3) is 0 Å². The number of carbonyl (C=O) groups excluding carboxylic acids is 1. The van der Waals surface area contributed by atoms with Gasteiger partial charge in [-0.25, -0.2) is 4.79 Å². The Labute approximate surface area is 120 Å². The van der Waals surface area contributed by atoms with Gasteiger partial charge in [-0.15, -0.1) is 0 Å². The molecule has 0 aromatic heterocycles. The van der Waals surface area contributed by atoms with Crippen LogP contribution in [-0.4, -0.2) is 23.0 Å². The lowest BCUT2D eigenvalue weighted by molar-refractivity contribution is -0.116. The normalized spacial score (nSPS) is 12.3. The van der Waals surface area contributed by atoms with Gasteiger partial charge in [-0.05, 0) is 24.1 Å². The maximum Gasteiger partial charge on any atom is 0.337 e. The number of hydrogen-bond donors (Lipinski definition) is 3. The lowest BCUT2D eigenvalue weighted by Crippen LogP contribution is -2.31. The third-order valence-electron chi connectivity index (χ3n) is 2.76. The van der Waals surface area contributed by atoms with Crippen LogP contribution in [0, 0.1) is 5.92 Å². The number of carboxylic acids is 1. The van der Waals surface area contributed by atoms with Crippen molar-refractivity contribution in [3.8, 4) is 0 Å². The van der Waals surface area contributed by atoms with E-state index in [9.17, 15) is 9.59 Å². The van der Waals surface area contributed by atoms with Gasteiger partial charge in [-0.1, -0.05) is 29.8 Å². The molecule has 0 saturated carbocycles. The maximum atomic E-state index is 11.8. The highest BCUT2D eigenvalue weighted by molar-refractivity contribution is 9.10. The molecule has 4 N–H and O–H groups in total. The van der Waals surface area contributed by atoms with Gasteiger partial charge >= 0.3 is 5.97 Å². The number of benzene rings is 1. The number of halogens is 1. The predicted octanol–water partition coefficient (Wildman–Crippen LogP) is 2.46. The number of carboxylic acid groups (broad SMARTS) is 1. The number of carbonyl (C=O) groups is 2. The molecule has 104 valence electrons. The number of aromatic carboxylic acids is 1. The van der Waals surface area contributed by atoms with Gasteiger partial charge in [0.1, 0.15) is 0 Å². The Kier molecular flexibility index (Phi) is 5.50. The molecule has 0 aliphatic rings. The summed E-state index contributed by atoms with van der Waals surface area (Å²) < 4.78 is 0.695. The molecule has 1 aromatic rings. The molecule has 0 fully saturated rings. The van der Waals surface area contributed by atoms with E-state index in [0.29, 0.717) is 4.47 Å². The Morgan fingerprint density at radius 3 is 2.58 bits per heavy atom. The molecule has 0 heterocycles. The highest BCUT2D eigenvalue weighted by Crippen LogP contribution is 2.22. The van der Waals surface area contributed by atoms with Crippen molar-refractivity contribution in [1.82, 2.24) is 0 Å². The second kappa shape index (κ2) is 6.68. The van der Waals surface area contributed by atoms with Crippen LogP contribution in [0.15, 0.2) is 22.7 Å². The molecule has 1 amide bonds. The van der Waals surface area contributed by atoms with Crippen LogP contribution in [-0.2, 0) is 4.79 Å². The van der Waals surface area contributed by atoms with Gasteiger partial charge in [0.05, 0.1) is 11.3 Å². The van der Waals surface area contributed by atoms with Gasteiger partial charge in [-0.3, -0.25) is 4.79 Å². The number of rotatable bonds is 5. The van der Waals surface area contributed by atoms with Gasteiger partial charge in [0.25, 0.3) is 0 Å². The molecule has 0 aliphatic heterocycles. The van der Waals surface area contributed by atoms with E-state index < -0.39 is 5.97 Å². The minimum Gasteiger partial charge on any atom is -0.478 e. The van der Waals surface area contributed by atoms with E-state index in [-0.39, 0.29) is 35.5 Å². The monoisotopic (exact) mass is 328 g/mol. The molecule has 0 bridgehead atoms. The number of hydrogen-bond acceptors (Lipinski definition) is 3. The van der Waals surface area contributed by atoms with Crippen molar-refractivity contribution in [1.29, 1.82) is 0 Å². The lowest BCUT2D eigenvalue weighted by atomic mass is 10.0. The van der Waals surface area contributed by atoms with Gasteiger partial charge in [0, 0.05) is 16.9 Å². The van der Waals surface area contributed by atoms with Crippen LogP contribution < -0.4 is 11.1 Å². The second-order valence-electron chi connectivity index (χ2n) is 4.66. The quantitative estimate of drug-likeness (QED) is 0.774. The fourth-order valence-electron chi connectivity index (χ4n) is 1.46. The first-order valence-electron chi connectivity index (χ1n) is 5.89. The summed E-state index contributed by atoms with van der Waals surface area (Å²) in [7, 11) is 0. The van der Waals surface area contributed by atoms with Gasteiger partial charge in [0.15, 0.2) is 0 Å².